The van der Waals surface area contributed by atoms with Crippen molar-refractivity contribution in [1.29, 1.82) is 0 Å². The van der Waals surface area contributed by atoms with Gasteiger partial charge in [-0.3, -0.25) is 0 Å². The number of aromatic amines is 1. The lowest BCUT2D eigenvalue weighted by Gasteiger charge is -2.00. The summed E-state index contributed by atoms with van der Waals surface area (Å²) in [4.78, 5) is 14.7. The van der Waals surface area contributed by atoms with Crippen LogP contribution in [0.1, 0.15) is 17.4 Å². The number of ether oxygens (including phenoxy) is 1. The standard InChI is InChI=1S/C12H12BrNO4S/c1-3-18-12(15)10-5-7-4-8(19(2,16)17)6-9(13)11(7)14-10/h4-6,14H,3H2,1-2H3. The molecule has 102 valence electrons. The molecule has 1 heterocycles. The highest BCUT2D eigenvalue weighted by Crippen LogP contribution is 2.28. The molecule has 0 bridgehead atoms. The first-order chi connectivity index (χ1) is 8.82. The lowest BCUT2D eigenvalue weighted by atomic mass is 10.2. The Kier molecular flexibility index (Phi) is 3.69. The van der Waals surface area contributed by atoms with Crippen LogP contribution in [0.3, 0.4) is 0 Å². The molecule has 1 N–H and O–H groups in total. The number of H-pyrrole nitrogens is 1. The fourth-order valence-electron chi connectivity index (χ4n) is 1.71. The van der Waals surface area contributed by atoms with Gasteiger partial charge in [0, 0.05) is 16.1 Å². The summed E-state index contributed by atoms with van der Waals surface area (Å²) in [5.74, 6) is -0.466. The van der Waals surface area contributed by atoms with E-state index < -0.39 is 15.8 Å². The monoisotopic (exact) mass is 345 g/mol. The largest absolute Gasteiger partial charge is 0.461 e. The van der Waals surface area contributed by atoms with E-state index in [4.69, 9.17) is 4.74 Å². The number of nitrogens with one attached hydrogen (secondary N) is 1. The second-order valence-electron chi connectivity index (χ2n) is 4.04. The molecule has 0 aliphatic carbocycles. The second kappa shape index (κ2) is 4.97. The third kappa shape index (κ3) is 2.82. The number of aromatic nitrogens is 1. The van der Waals surface area contributed by atoms with Crippen molar-refractivity contribution < 1.29 is 17.9 Å². The molecular weight excluding hydrogens is 334 g/mol. The fraction of sp³-hybridized carbons (Fsp3) is 0.250. The van der Waals surface area contributed by atoms with Crippen molar-refractivity contribution in [3.05, 3.63) is 28.4 Å². The van der Waals surface area contributed by atoms with E-state index in [9.17, 15) is 13.2 Å². The molecule has 7 heteroatoms. The van der Waals surface area contributed by atoms with Gasteiger partial charge in [-0.05, 0) is 41.1 Å². The number of sulfone groups is 1. The Morgan fingerprint density at radius 2 is 2.05 bits per heavy atom. The van der Waals surface area contributed by atoms with Crippen molar-refractivity contribution in [3.63, 3.8) is 0 Å². The summed E-state index contributed by atoms with van der Waals surface area (Å²) in [6, 6.07) is 4.60. The van der Waals surface area contributed by atoms with Crippen molar-refractivity contribution in [2.24, 2.45) is 0 Å². The van der Waals surface area contributed by atoms with Gasteiger partial charge in [-0.15, -0.1) is 0 Å². The Morgan fingerprint density at radius 1 is 1.37 bits per heavy atom. The average Bonchev–Trinajstić information content (AvgIpc) is 2.72. The number of hydrogen-bond acceptors (Lipinski definition) is 4. The summed E-state index contributed by atoms with van der Waals surface area (Å²) >= 11 is 3.29. The first-order valence-corrected chi connectivity index (χ1v) is 8.21. The van der Waals surface area contributed by atoms with Crippen LogP contribution < -0.4 is 0 Å². The van der Waals surface area contributed by atoms with Gasteiger partial charge in [-0.25, -0.2) is 13.2 Å². The highest BCUT2D eigenvalue weighted by Gasteiger charge is 2.15. The minimum Gasteiger partial charge on any atom is -0.461 e. The normalized spacial score (nSPS) is 11.7. The maximum atomic E-state index is 11.6. The summed E-state index contributed by atoms with van der Waals surface area (Å²) in [6.45, 7) is 2.00. The van der Waals surface area contributed by atoms with E-state index in [2.05, 4.69) is 20.9 Å². The molecule has 0 saturated heterocycles. The Labute approximate surface area is 119 Å². The van der Waals surface area contributed by atoms with E-state index in [-0.39, 0.29) is 11.5 Å². The maximum absolute atomic E-state index is 11.6. The Balaban J connectivity index is 2.60. The van der Waals surface area contributed by atoms with E-state index in [1.165, 1.54) is 12.1 Å². The highest BCUT2D eigenvalue weighted by molar-refractivity contribution is 9.10. The van der Waals surface area contributed by atoms with Gasteiger partial charge in [-0.1, -0.05) is 0 Å². The third-order valence-corrected chi connectivity index (χ3v) is 4.29. The molecule has 2 aromatic rings. The number of halogens is 1. The van der Waals surface area contributed by atoms with Crippen LogP contribution in [0.2, 0.25) is 0 Å². The van der Waals surface area contributed by atoms with Gasteiger partial charge in [-0.2, -0.15) is 0 Å². The number of esters is 1. The summed E-state index contributed by atoms with van der Waals surface area (Å²) in [7, 11) is -3.30. The van der Waals surface area contributed by atoms with Crippen LogP contribution in [0.25, 0.3) is 10.9 Å². The van der Waals surface area contributed by atoms with Gasteiger partial charge in [0.05, 0.1) is 17.0 Å². The minimum atomic E-state index is -3.30. The predicted octanol–water partition coefficient (Wildman–Crippen LogP) is 2.51. The summed E-state index contributed by atoms with van der Waals surface area (Å²) in [6.07, 6.45) is 1.14. The SMILES string of the molecule is CCOC(=O)c1cc2cc(S(C)(=O)=O)cc(Br)c2[nH]1. The Hall–Kier alpha value is -1.34. The minimum absolute atomic E-state index is 0.196. The zero-order valence-electron chi connectivity index (χ0n) is 10.4. The van der Waals surface area contributed by atoms with Crippen LogP contribution >= 0.6 is 15.9 Å². The number of hydrogen-bond donors (Lipinski definition) is 1. The predicted molar refractivity (Wildman–Crippen MR) is 75.1 cm³/mol. The molecule has 0 radical (unpaired) electrons. The zero-order chi connectivity index (χ0) is 14.2. The first-order valence-electron chi connectivity index (χ1n) is 5.52. The Bertz CT molecular complexity index is 748. The number of benzene rings is 1. The fourth-order valence-corrected chi connectivity index (χ4v) is 3.11. The lowest BCUT2D eigenvalue weighted by Crippen LogP contribution is -2.04. The molecule has 0 amide bonds. The van der Waals surface area contributed by atoms with Crippen LogP contribution in [-0.2, 0) is 14.6 Å². The summed E-state index contributed by atoms with van der Waals surface area (Å²) in [5.41, 5.74) is 0.957. The van der Waals surface area contributed by atoms with Crippen LogP contribution in [0.5, 0.6) is 0 Å². The molecule has 0 spiro atoms. The summed E-state index contributed by atoms with van der Waals surface area (Å²) < 4.78 is 28.6. The van der Waals surface area contributed by atoms with E-state index in [1.54, 1.807) is 13.0 Å². The van der Waals surface area contributed by atoms with E-state index >= 15 is 0 Å². The molecule has 0 unspecified atom stereocenters. The molecule has 0 fully saturated rings. The smallest absolute Gasteiger partial charge is 0.354 e. The van der Waals surface area contributed by atoms with Crippen molar-refractivity contribution in [1.82, 2.24) is 4.98 Å². The van der Waals surface area contributed by atoms with Gasteiger partial charge in [0.1, 0.15) is 5.69 Å². The highest BCUT2D eigenvalue weighted by atomic mass is 79.9. The van der Waals surface area contributed by atoms with E-state index in [1.807, 2.05) is 0 Å². The zero-order valence-corrected chi connectivity index (χ0v) is 12.8. The van der Waals surface area contributed by atoms with E-state index in [0.29, 0.717) is 21.1 Å². The molecule has 5 nitrogen and oxygen atoms in total. The lowest BCUT2D eigenvalue weighted by molar-refractivity contribution is 0.0520. The van der Waals surface area contributed by atoms with Crippen molar-refractivity contribution in [2.45, 2.75) is 11.8 Å². The van der Waals surface area contributed by atoms with Crippen LogP contribution in [0.4, 0.5) is 0 Å². The van der Waals surface area contributed by atoms with Gasteiger partial charge in [0.15, 0.2) is 9.84 Å². The van der Waals surface area contributed by atoms with E-state index in [0.717, 1.165) is 6.26 Å². The molecule has 0 saturated carbocycles. The van der Waals surface area contributed by atoms with Crippen LogP contribution in [-0.4, -0.2) is 32.2 Å². The number of fused-ring (bicyclic) bond motifs is 1. The molecule has 1 aromatic carbocycles. The molecule has 0 atom stereocenters. The van der Waals surface area contributed by atoms with Crippen molar-refractivity contribution >= 4 is 42.6 Å². The van der Waals surface area contributed by atoms with Crippen LogP contribution in [0.15, 0.2) is 27.6 Å². The number of rotatable bonds is 3. The topological polar surface area (TPSA) is 76.2 Å². The maximum Gasteiger partial charge on any atom is 0.354 e. The average molecular weight is 346 g/mol. The van der Waals surface area contributed by atoms with Gasteiger partial charge < -0.3 is 9.72 Å². The second-order valence-corrected chi connectivity index (χ2v) is 6.92. The number of carbonyl (C=O) groups excluding carboxylic acids is 1. The van der Waals surface area contributed by atoms with Gasteiger partial charge in [0.25, 0.3) is 0 Å². The van der Waals surface area contributed by atoms with Crippen LogP contribution in [0, 0.1) is 0 Å². The molecule has 19 heavy (non-hydrogen) atoms. The van der Waals surface area contributed by atoms with Crippen molar-refractivity contribution in [3.8, 4) is 0 Å². The quantitative estimate of drug-likeness (QED) is 0.867. The molecular formula is C12H12BrNO4S. The molecule has 1 aromatic heterocycles. The number of carbonyl (C=O) groups is 1. The molecule has 0 aliphatic heterocycles. The van der Waals surface area contributed by atoms with Crippen molar-refractivity contribution in [2.75, 3.05) is 12.9 Å². The third-order valence-electron chi connectivity index (χ3n) is 2.58. The summed E-state index contributed by atoms with van der Waals surface area (Å²) in [5, 5.41) is 0.637. The van der Waals surface area contributed by atoms with Gasteiger partial charge in [0.2, 0.25) is 0 Å². The van der Waals surface area contributed by atoms with Gasteiger partial charge >= 0.3 is 5.97 Å². The molecule has 0 aliphatic rings. The molecule has 2 rings (SSSR count). The first kappa shape index (κ1) is 14.1. The Morgan fingerprint density at radius 3 is 2.63 bits per heavy atom.